The Morgan fingerprint density at radius 1 is 1.50 bits per heavy atom. The lowest BCUT2D eigenvalue weighted by molar-refractivity contribution is -0.132. The topological polar surface area (TPSA) is 64.4 Å². The number of carbonyl (C=O) groups excluding carboxylic acids is 1. The van der Waals surface area contributed by atoms with E-state index in [9.17, 15) is 13.6 Å². The van der Waals surface area contributed by atoms with E-state index in [-0.39, 0.29) is 23.9 Å². The monoisotopic (exact) mass is 284 g/mol. The molecule has 1 amide bonds. The maximum absolute atomic E-state index is 12.3. The first-order valence-corrected chi connectivity index (χ1v) is 6.52. The molecule has 0 bridgehead atoms. The molecule has 20 heavy (non-hydrogen) atoms. The molecule has 1 aliphatic carbocycles. The van der Waals surface area contributed by atoms with E-state index in [1.807, 2.05) is 0 Å². The molecule has 2 rings (SSSR count). The van der Waals surface area contributed by atoms with Gasteiger partial charge < -0.3 is 15.8 Å². The molecule has 1 aliphatic rings. The number of alkyl halides is 2. The second kappa shape index (κ2) is 5.75. The van der Waals surface area contributed by atoms with Gasteiger partial charge in [-0.15, -0.1) is 0 Å². The Kier molecular flexibility index (Phi) is 4.23. The van der Waals surface area contributed by atoms with Gasteiger partial charge in [-0.25, -0.2) is 0 Å². The van der Waals surface area contributed by atoms with Crippen LogP contribution in [-0.4, -0.2) is 19.1 Å². The van der Waals surface area contributed by atoms with Crippen LogP contribution < -0.4 is 15.8 Å². The van der Waals surface area contributed by atoms with Crippen LogP contribution in [0, 0.1) is 11.3 Å². The lowest BCUT2D eigenvalue weighted by Crippen LogP contribution is -2.51. The highest BCUT2D eigenvalue weighted by atomic mass is 19.3. The number of carbonyl (C=O) groups is 1. The van der Waals surface area contributed by atoms with E-state index < -0.39 is 12.0 Å². The van der Waals surface area contributed by atoms with E-state index in [1.54, 1.807) is 12.1 Å². The van der Waals surface area contributed by atoms with Gasteiger partial charge in [0, 0.05) is 6.54 Å². The maximum atomic E-state index is 12.3. The second-order valence-electron chi connectivity index (χ2n) is 5.33. The first kappa shape index (κ1) is 14.7. The van der Waals surface area contributed by atoms with Crippen LogP contribution in [0.2, 0.25) is 0 Å². The van der Waals surface area contributed by atoms with Crippen LogP contribution in [0.3, 0.4) is 0 Å². The number of amides is 1. The van der Waals surface area contributed by atoms with Gasteiger partial charge >= 0.3 is 6.61 Å². The van der Waals surface area contributed by atoms with Crippen LogP contribution >= 0.6 is 0 Å². The van der Waals surface area contributed by atoms with Gasteiger partial charge in [0.15, 0.2) is 0 Å². The van der Waals surface area contributed by atoms with Gasteiger partial charge in [-0.05, 0) is 30.9 Å². The molecule has 0 aromatic heterocycles. The quantitative estimate of drug-likeness (QED) is 0.873. The summed E-state index contributed by atoms with van der Waals surface area (Å²) in [7, 11) is 0. The highest BCUT2D eigenvalue weighted by molar-refractivity contribution is 5.97. The maximum Gasteiger partial charge on any atom is 0.387 e. The molecule has 1 fully saturated rings. The minimum atomic E-state index is -2.93. The number of ether oxygens (including phenoxy) is 1. The van der Waals surface area contributed by atoms with Crippen molar-refractivity contribution in [2.45, 2.75) is 26.4 Å². The van der Waals surface area contributed by atoms with Crippen molar-refractivity contribution in [3.05, 3.63) is 24.3 Å². The van der Waals surface area contributed by atoms with Crippen molar-refractivity contribution in [2.24, 2.45) is 17.1 Å². The normalized spacial score (nSPS) is 25.1. The lowest BCUT2D eigenvalue weighted by atomic mass is 9.62. The van der Waals surface area contributed by atoms with E-state index in [0.29, 0.717) is 18.8 Å². The number of para-hydroxylation sites is 2. The van der Waals surface area contributed by atoms with Crippen molar-refractivity contribution >= 4 is 11.6 Å². The molecular weight excluding hydrogens is 266 g/mol. The molecular formula is C14H18F2N2O2. The van der Waals surface area contributed by atoms with Gasteiger partial charge in [0.05, 0.1) is 11.1 Å². The number of hydrogen-bond donors (Lipinski definition) is 2. The highest BCUT2D eigenvalue weighted by Gasteiger charge is 2.47. The summed E-state index contributed by atoms with van der Waals surface area (Å²) < 4.78 is 29.0. The van der Waals surface area contributed by atoms with Crippen molar-refractivity contribution in [1.29, 1.82) is 0 Å². The number of halogens is 2. The number of anilines is 1. The largest absolute Gasteiger partial charge is 0.433 e. The Labute approximate surface area is 116 Å². The summed E-state index contributed by atoms with van der Waals surface area (Å²) in [5.74, 6) is 0.177. The average Bonchev–Trinajstić information content (AvgIpc) is 2.36. The Morgan fingerprint density at radius 2 is 2.15 bits per heavy atom. The lowest BCUT2D eigenvalue weighted by Gasteiger charge is -2.44. The van der Waals surface area contributed by atoms with Crippen molar-refractivity contribution in [2.75, 3.05) is 11.9 Å². The standard InChI is InChI=1S/C14H18F2N2O2/c1-9-6-14(7-9,8-17)12(19)18-10-4-2-3-5-11(10)20-13(15)16/h2-5,9,13H,6-8,17H2,1H3,(H,18,19). The Hall–Kier alpha value is -1.69. The van der Waals surface area contributed by atoms with Crippen LogP contribution in [0.1, 0.15) is 19.8 Å². The SMILES string of the molecule is CC1CC(CN)(C(=O)Nc2ccccc2OC(F)F)C1. The van der Waals surface area contributed by atoms with Crippen LogP contribution in [0.5, 0.6) is 5.75 Å². The Morgan fingerprint density at radius 3 is 2.70 bits per heavy atom. The molecule has 0 aliphatic heterocycles. The molecule has 4 nitrogen and oxygen atoms in total. The summed E-state index contributed by atoms with van der Waals surface area (Å²) in [4.78, 5) is 12.3. The fourth-order valence-corrected chi connectivity index (χ4v) is 2.74. The number of rotatable bonds is 5. The van der Waals surface area contributed by atoms with Crippen LogP contribution in [0.25, 0.3) is 0 Å². The molecule has 110 valence electrons. The summed E-state index contributed by atoms with van der Waals surface area (Å²) in [6.45, 7) is -0.629. The van der Waals surface area contributed by atoms with Gasteiger partial charge in [0.2, 0.25) is 5.91 Å². The molecule has 0 heterocycles. The summed E-state index contributed by atoms with van der Waals surface area (Å²) in [5, 5.41) is 2.65. The minimum Gasteiger partial charge on any atom is -0.433 e. The van der Waals surface area contributed by atoms with Gasteiger partial charge in [-0.2, -0.15) is 8.78 Å². The molecule has 0 saturated heterocycles. The van der Waals surface area contributed by atoms with E-state index in [1.165, 1.54) is 12.1 Å². The average molecular weight is 284 g/mol. The summed E-state index contributed by atoms with van der Waals surface area (Å²) in [5.41, 5.74) is 5.35. The third kappa shape index (κ3) is 2.90. The zero-order valence-corrected chi connectivity index (χ0v) is 11.2. The predicted octanol–water partition coefficient (Wildman–Crippen LogP) is 2.60. The number of nitrogens with two attached hydrogens (primary N) is 1. The summed E-state index contributed by atoms with van der Waals surface area (Å²) in [6.07, 6.45) is 1.43. The molecule has 0 unspecified atom stereocenters. The molecule has 0 radical (unpaired) electrons. The Balaban J connectivity index is 2.12. The van der Waals surface area contributed by atoms with E-state index >= 15 is 0 Å². The first-order chi connectivity index (χ1) is 9.47. The van der Waals surface area contributed by atoms with Crippen molar-refractivity contribution in [1.82, 2.24) is 0 Å². The van der Waals surface area contributed by atoms with Crippen molar-refractivity contribution in [3.8, 4) is 5.75 Å². The van der Waals surface area contributed by atoms with Crippen LogP contribution in [0.4, 0.5) is 14.5 Å². The molecule has 1 saturated carbocycles. The van der Waals surface area contributed by atoms with Gasteiger partial charge in [0.25, 0.3) is 0 Å². The smallest absolute Gasteiger partial charge is 0.387 e. The van der Waals surface area contributed by atoms with Gasteiger partial charge in [-0.1, -0.05) is 19.1 Å². The molecule has 3 N–H and O–H groups in total. The first-order valence-electron chi connectivity index (χ1n) is 6.52. The third-order valence-corrected chi connectivity index (χ3v) is 3.70. The fraction of sp³-hybridized carbons (Fsp3) is 0.500. The number of nitrogens with one attached hydrogen (secondary N) is 1. The predicted molar refractivity (Wildman–Crippen MR) is 71.6 cm³/mol. The summed E-state index contributed by atoms with van der Waals surface area (Å²) >= 11 is 0. The van der Waals surface area contributed by atoms with Crippen LogP contribution in [0.15, 0.2) is 24.3 Å². The fourth-order valence-electron chi connectivity index (χ4n) is 2.74. The number of benzene rings is 1. The highest BCUT2D eigenvalue weighted by Crippen LogP contribution is 2.45. The van der Waals surface area contributed by atoms with Crippen molar-refractivity contribution in [3.63, 3.8) is 0 Å². The van der Waals surface area contributed by atoms with Gasteiger partial charge in [0.1, 0.15) is 5.75 Å². The molecule has 6 heteroatoms. The van der Waals surface area contributed by atoms with Crippen molar-refractivity contribution < 1.29 is 18.3 Å². The van der Waals surface area contributed by atoms with Crippen LogP contribution in [-0.2, 0) is 4.79 Å². The van der Waals surface area contributed by atoms with E-state index in [0.717, 1.165) is 0 Å². The van der Waals surface area contributed by atoms with E-state index in [2.05, 4.69) is 17.0 Å². The second-order valence-corrected chi connectivity index (χ2v) is 5.33. The molecule has 0 spiro atoms. The van der Waals surface area contributed by atoms with E-state index in [4.69, 9.17) is 5.73 Å². The molecule has 1 aromatic rings. The Bertz CT molecular complexity index is 488. The minimum absolute atomic E-state index is 0.0459. The zero-order chi connectivity index (χ0) is 14.8. The molecule has 0 atom stereocenters. The summed E-state index contributed by atoms with van der Waals surface area (Å²) in [6, 6.07) is 6.13. The third-order valence-electron chi connectivity index (χ3n) is 3.70. The molecule has 1 aromatic carbocycles. The number of hydrogen-bond acceptors (Lipinski definition) is 3. The zero-order valence-electron chi connectivity index (χ0n) is 11.2. The van der Waals surface area contributed by atoms with Gasteiger partial charge in [-0.3, -0.25) is 4.79 Å².